The van der Waals surface area contributed by atoms with Gasteiger partial charge in [-0.05, 0) is 18.4 Å². The van der Waals surface area contributed by atoms with Crippen molar-refractivity contribution in [2.45, 2.75) is 65.4 Å². The molecule has 0 radical (unpaired) electrons. The van der Waals surface area contributed by atoms with Crippen LogP contribution in [-0.2, 0) is 35.2 Å². The molecule has 6 nitrogen and oxygen atoms in total. The highest BCUT2D eigenvalue weighted by molar-refractivity contribution is 5.98. The fourth-order valence-corrected chi connectivity index (χ4v) is 2.45. The van der Waals surface area contributed by atoms with Gasteiger partial charge >= 0.3 is 17.9 Å². The molecule has 156 valence electrons. The van der Waals surface area contributed by atoms with Crippen LogP contribution in [-0.4, -0.2) is 31.1 Å². The highest BCUT2D eigenvalue weighted by Crippen LogP contribution is 2.13. The SMILES string of the molecule is CCCCCCOC(=O)CC(C(=O)OCCCC)C(=O)OCc1ccccc1. The molecule has 0 fully saturated rings. The summed E-state index contributed by atoms with van der Waals surface area (Å²) in [6, 6.07) is 9.14. The number of hydrogen-bond donors (Lipinski definition) is 0. The summed E-state index contributed by atoms with van der Waals surface area (Å²) in [5.41, 5.74) is 0.799. The summed E-state index contributed by atoms with van der Waals surface area (Å²) in [7, 11) is 0. The first kappa shape index (κ1) is 23.7. The van der Waals surface area contributed by atoms with Crippen LogP contribution >= 0.6 is 0 Å². The van der Waals surface area contributed by atoms with E-state index in [9.17, 15) is 14.4 Å². The zero-order valence-electron chi connectivity index (χ0n) is 17.0. The summed E-state index contributed by atoms with van der Waals surface area (Å²) in [5.74, 6) is -3.41. The number of unbranched alkanes of at least 4 members (excludes halogenated alkanes) is 4. The van der Waals surface area contributed by atoms with E-state index >= 15 is 0 Å². The van der Waals surface area contributed by atoms with Crippen LogP contribution < -0.4 is 0 Å². The predicted molar refractivity (Wildman–Crippen MR) is 105 cm³/mol. The number of carbonyl (C=O) groups is 3. The minimum atomic E-state index is -1.30. The topological polar surface area (TPSA) is 78.9 Å². The smallest absolute Gasteiger partial charge is 0.321 e. The number of hydrogen-bond acceptors (Lipinski definition) is 6. The van der Waals surface area contributed by atoms with E-state index in [1.807, 2.05) is 37.3 Å². The van der Waals surface area contributed by atoms with Gasteiger partial charge in [-0.1, -0.05) is 69.9 Å². The molecule has 0 spiro atoms. The van der Waals surface area contributed by atoms with E-state index in [0.717, 1.165) is 37.7 Å². The quantitative estimate of drug-likeness (QED) is 0.204. The fourth-order valence-electron chi connectivity index (χ4n) is 2.45. The van der Waals surface area contributed by atoms with Gasteiger partial charge in [0.15, 0.2) is 5.92 Å². The molecule has 0 saturated heterocycles. The first-order chi connectivity index (χ1) is 13.6. The lowest BCUT2D eigenvalue weighted by atomic mass is 10.1. The second-order valence-corrected chi connectivity index (χ2v) is 6.65. The summed E-state index contributed by atoms with van der Waals surface area (Å²) in [4.78, 5) is 36.8. The molecule has 28 heavy (non-hydrogen) atoms. The molecule has 0 N–H and O–H groups in total. The van der Waals surface area contributed by atoms with E-state index < -0.39 is 23.8 Å². The number of carbonyl (C=O) groups excluding carboxylic acids is 3. The average molecular weight is 392 g/mol. The second kappa shape index (κ2) is 14.7. The average Bonchev–Trinajstić information content (AvgIpc) is 2.71. The lowest BCUT2D eigenvalue weighted by molar-refractivity contribution is -0.167. The van der Waals surface area contributed by atoms with Crippen LogP contribution in [0.5, 0.6) is 0 Å². The van der Waals surface area contributed by atoms with Crippen LogP contribution in [0.15, 0.2) is 30.3 Å². The van der Waals surface area contributed by atoms with Crippen molar-refractivity contribution in [1.29, 1.82) is 0 Å². The van der Waals surface area contributed by atoms with Gasteiger partial charge in [-0.2, -0.15) is 0 Å². The zero-order chi connectivity index (χ0) is 20.6. The molecule has 1 atom stereocenters. The zero-order valence-corrected chi connectivity index (χ0v) is 17.0. The van der Waals surface area contributed by atoms with Gasteiger partial charge in [-0.25, -0.2) is 0 Å². The molecule has 0 saturated carbocycles. The van der Waals surface area contributed by atoms with Gasteiger partial charge in [0.25, 0.3) is 0 Å². The number of ether oxygens (including phenoxy) is 3. The third kappa shape index (κ3) is 10.1. The van der Waals surface area contributed by atoms with Crippen molar-refractivity contribution >= 4 is 17.9 Å². The van der Waals surface area contributed by atoms with Crippen molar-refractivity contribution in [3.63, 3.8) is 0 Å². The summed E-state index contributed by atoms with van der Waals surface area (Å²) < 4.78 is 15.5. The molecule has 0 heterocycles. The molecular formula is C22H32O6. The largest absolute Gasteiger partial charge is 0.466 e. The number of benzene rings is 1. The summed E-state index contributed by atoms with van der Waals surface area (Å²) >= 11 is 0. The molecule has 0 amide bonds. The fraction of sp³-hybridized carbons (Fsp3) is 0.591. The maximum atomic E-state index is 12.4. The minimum absolute atomic E-state index is 0.0322. The van der Waals surface area contributed by atoms with Crippen LogP contribution in [0.4, 0.5) is 0 Å². The molecule has 0 aliphatic rings. The Morgan fingerprint density at radius 3 is 2.11 bits per heavy atom. The molecular weight excluding hydrogens is 360 g/mol. The molecule has 6 heteroatoms. The minimum Gasteiger partial charge on any atom is -0.466 e. The van der Waals surface area contributed by atoms with Crippen LogP contribution in [0.1, 0.15) is 64.4 Å². The third-order valence-corrected chi connectivity index (χ3v) is 4.17. The van der Waals surface area contributed by atoms with Gasteiger partial charge in [-0.3, -0.25) is 14.4 Å². The Morgan fingerprint density at radius 1 is 0.786 bits per heavy atom. The van der Waals surface area contributed by atoms with E-state index in [1.165, 1.54) is 0 Å². The van der Waals surface area contributed by atoms with Gasteiger partial charge in [0.1, 0.15) is 6.61 Å². The van der Waals surface area contributed by atoms with Crippen LogP contribution in [0.2, 0.25) is 0 Å². The Bertz CT molecular complexity index is 584. The van der Waals surface area contributed by atoms with Crippen molar-refractivity contribution in [1.82, 2.24) is 0 Å². The summed E-state index contributed by atoms with van der Waals surface area (Å²) in [6.07, 6.45) is 5.10. The summed E-state index contributed by atoms with van der Waals surface area (Å²) in [6.45, 7) is 4.60. The van der Waals surface area contributed by atoms with Crippen LogP contribution in [0.3, 0.4) is 0 Å². The molecule has 1 aromatic rings. The highest BCUT2D eigenvalue weighted by Gasteiger charge is 2.33. The third-order valence-electron chi connectivity index (χ3n) is 4.17. The Hall–Kier alpha value is -2.37. The standard InChI is InChI=1S/C22H32O6/c1-3-5-7-11-15-26-20(23)16-19(21(24)27-14-6-4-2)22(25)28-17-18-12-9-8-10-13-18/h8-10,12-13,19H,3-7,11,14-17H2,1-2H3. The van der Waals surface area contributed by atoms with Gasteiger partial charge in [0.05, 0.1) is 19.6 Å². The van der Waals surface area contributed by atoms with Gasteiger partial charge in [-0.15, -0.1) is 0 Å². The van der Waals surface area contributed by atoms with E-state index in [-0.39, 0.29) is 26.2 Å². The first-order valence-corrected chi connectivity index (χ1v) is 10.1. The Labute approximate surface area is 167 Å². The number of rotatable bonds is 14. The van der Waals surface area contributed by atoms with Crippen LogP contribution in [0, 0.1) is 5.92 Å². The van der Waals surface area contributed by atoms with Gasteiger partial charge in [0, 0.05) is 0 Å². The molecule has 1 aromatic carbocycles. The monoisotopic (exact) mass is 392 g/mol. The highest BCUT2D eigenvalue weighted by atomic mass is 16.6. The van der Waals surface area contributed by atoms with E-state index in [0.29, 0.717) is 6.42 Å². The lowest BCUT2D eigenvalue weighted by Crippen LogP contribution is -2.31. The Balaban J connectivity index is 2.57. The van der Waals surface area contributed by atoms with Crippen molar-refractivity contribution in [3.05, 3.63) is 35.9 Å². The molecule has 0 bridgehead atoms. The maximum Gasteiger partial charge on any atom is 0.321 e. The van der Waals surface area contributed by atoms with Crippen molar-refractivity contribution < 1.29 is 28.6 Å². The van der Waals surface area contributed by atoms with Crippen molar-refractivity contribution in [2.75, 3.05) is 13.2 Å². The molecule has 1 rings (SSSR count). The van der Waals surface area contributed by atoms with E-state index in [4.69, 9.17) is 14.2 Å². The molecule has 0 aliphatic carbocycles. The Kier molecular flexibility index (Phi) is 12.4. The predicted octanol–water partition coefficient (Wildman–Crippen LogP) is 4.20. The maximum absolute atomic E-state index is 12.4. The van der Waals surface area contributed by atoms with Gasteiger partial charge in [0.2, 0.25) is 0 Å². The summed E-state index contributed by atoms with van der Waals surface area (Å²) in [5, 5.41) is 0. The first-order valence-electron chi connectivity index (χ1n) is 10.1. The molecule has 1 unspecified atom stereocenters. The van der Waals surface area contributed by atoms with Crippen molar-refractivity contribution in [3.8, 4) is 0 Å². The van der Waals surface area contributed by atoms with Crippen LogP contribution in [0.25, 0.3) is 0 Å². The lowest BCUT2D eigenvalue weighted by Gasteiger charge is -2.15. The second-order valence-electron chi connectivity index (χ2n) is 6.65. The Morgan fingerprint density at radius 2 is 1.43 bits per heavy atom. The van der Waals surface area contributed by atoms with E-state index in [1.54, 1.807) is 0 Å². The molecule has 0 aromatic heterocycles. The van der Waals surface area contributed by atoms with Gasteiger partial charge < -0.3 is 14.2 Å². The number of esters is 3. The van der Waals surface area contributed by atoms with E-state index in [2.05, 4.69) is 6.92 Å². The molecule has 0 aliphatic heterocycles. The van der Waals surface area contributed by atoms with Crippen molar-refractivity contribution in [2.24, 2.45) is 5.92 Å². The normalized spacial score (nSPS) is 11.5.